The number of thiazole rings is 1. The highest BCUT2D eigenvalue weighted by atomic mass is 35.5. The smallest absolute Gasteiger partial charge is 0.271 e. The van der Waals surface area contributed by atoms with Crippen LogP contribution in [0.4, 0.5) is 5.69 Å². The molecule has 1 heterocycles. The fourth-order valence-electron chi connectivity index (χ4n) is 4.39. The van der Waals surface area contributed by atoms with E-state index in [1.54, 1.807) is 24.3 Å². The lowest BCUT2D eigenvalue weighted by molar-refractivity contribution is 0.0953. The number of anilines is 1. The summed E-state index contributed by atoms with van der Waals surface area (Å²) < 4.78 is 33.4. The van der Waals surface area contributed by atoms with Crippen LogP contribution in [0.5, 0.6) is 11.5 Å². The van der Waals surface area contributed by atoms with E-state index < -0.39 is 15.9 Å². The van der Waals surface area contributed by atoms with Gasteiger partial charge in [0.1, 0.15) is 10.6 Å². The number of aromatic nitrogens is 1. The van der Waals surface area contributed by atoms with Crippen molar-refractivity contribution in [3.8, 4) is 28.4 Å². The molecule has 0 aliphatic carbocycles. The van der Waals surface area contributed by atoms with Crippen molar-refractivity contribution in [2.45, 2.75) is 24.7 Å². The first-order chi connectivity index (χ1) is 21.2. The van der Waals surface area contributed by atoms with Crippen molar-refractivity contribution in [2.75, 3.05) is 11.9 Å². The summed E-state index contributed by atoms with van der Waals surface area (Å²) in [4.78, 5) is 13.6. The van der Waals surface area contributed by atoms with Gasteiger partial charge in [0.2, 0.25) is 14.8 Å². The van der Waals surface area contributed by atoms with Crippen LogP contribution in [0, 0.1) is 0 Å². The highest BCUT2D eigenvalue weighted by molar-refractivity contribution is 7.89. The predicted octanol–water partition coefficient (Wildman–Crippen LogP) is 6.76. The van der Waals surface area contributed by atoms with E-state index in [1.165, 1.54) is 23.5 Å². The second-order valence-corrected chi connectivity index (χ2v) is 12.5. The number of nitrogens with zero attached hydrogens (tertiary/aromatic N) is 2. The van der Waals surface area contributed by atoms with Gasteiger partial charge in [-0.3, -0.25) is 9.36 Å². The maximum Gasteiger partial charge on any atom is 0.271 e. The fourth-order valence-corrected chi connectivity index (χ4v) is 6.08. The van der Waals surface area contributed by atoms with E-state index >= 15 is 0 Å². The van der Waals surface area contributed by atoms with Gasteiger partial charge < -0.3 is 10.1 Å². The number of para-hydroxylation sites is 2. The van der Waals surface area contributed by atoms with Crippen molar-refractivity contribution < 1.29 is 17.9 Å². The summed E-state index contributed by atoms with van der Waals surface area (Å²) in [5, 5.41) is 15.8. The van der Waals surface area contributed by atoms with Gasteiger partial charge >= 0.3 is 0 Å². The first-order valence-corrected chi connectivity index (χ1v) is 16.6. The van der Waals surface area contributed by atoms with E-state index in [1.807, 2.05) is 77.5 Å². The minimum atomic E-state index is -4.29. The summed E-state index contributed by atoms with van der Waals surface area (Å²) in [7, 11) is -4.29. The van der Waals surface area contributed by atoms with Crippen LogP contribution in [0.25, 0.3) is 16.9 Å². The molecule has 4 N–H and O–H groups in total. The number of primary sulfonamides is 1. The summed E-state index contributed by atoms with van der Waals surface area (Å²) in [6.45, 7) is 2.57. The zero-order chi connectivity index (χ0) is 31.1. The van der Waals surface area contributed by atoms with Gasteiger partial charge in [0.05, 0.1) is 11.4 Å². The summed E-state index contributed by atoms with van der Waals surface area (Å²) >= 11 is 7.45. The van der Waals surface area contributed by atoms with Gasteiger partial charge in [-0.05, 0) is 60.5 Å². The molecule has 226 valence electrons. The van der Waals surface area contributed by atoms with E-state index in [4.69, 9.17) is 21.5 Å². The molecule has 0 saturated carbocycles. The van der Waals surface area contributed by atoms with E-state index in [0.29, 0.717) is 27.8 Å². The highest BCUT2D eigenvalue weighted by Gasteiger charge is 2.24. The Balaban J connectivity index is 1.55. The van der Waals surface area contributed by atoms with Crippen LogP contribution < -0.4 is 25.4 Å². The number of ether oxygens (including phenoxy) is 1. The van der Waals surface area contributed by atoms with Gasteiger partial charge in [0.15, 0.2) is 5.75 Å². The number of unbranched alkanes of at least 4 members (excludes halogenated alkanes) is 1. The van der Waals surface area contributed by atoms with Gasteiger partial charge in [-0.15, -0.1) is 16.4 Å². The monoisotopic (exact) mass is 647 g/mol. The molecule has 1 amide bonds. The number of benzene rings is 4. The Morgan fingerprint density at radius 2 is 1.68 bits per heavy atom. The van der Waals surface area contributed by atoms with Crippen LogP contribution in [0.2, 0.25) is 5.02 Å². The third kappa shape index (κ3) is 7.37. The van der Waals surface area contributed by atoms with Gasteiger partial charge in [-0.25, -0.2) is 19.0 Å². The average Bonchev–Trinajstić information content (AvgIpc) is 3.45. The lowest BCUT2D eigenvalue weighted by atomic mass is 10.1. The molecule has 5 rings (SSSR count). The Bertz CT molecular complexity index is 1930. The van der Waals surface area contributed by atoms with Crippen molar-refractivity contribution in [1.82, 2.24) is 9.99 Å². The van der Waals surface area contributed by atoms with Crippen LogP contribution in [-0.4, -0.2) is 25.4 Å². The maximum absolute atomic E-state index is 13.5. The number of sulfonamides is 1. The molecule has 4 aromatic carbocycles. The number of nitrogens with one attached hydrogen (secondary N) is 2. The number of halogens is 1. The molecule has 44 heavy (non-hydrogen) atoms. The molecule has 0 spiro atoms. The number of rotatable bonds is 11. The van der Waals surface area contributed by atoms with E-state index in [0.717, 1.165) is 29.8 Å². The first kappa shape index (κ1) is 31.0. The summed E-state index contributed by atoms with van der Waals surface area (Å²) in [6, 6.07) is 28.5. The Kier molecular flexibility index (Phi) is 9.81. The van der Waals surface area contributed by atoms with Gasteiger partial charge in [0, 0.05) is 28.2 Å². The molecule has 0 aliphatic heterocycles. The van der Waals surface area contributed by atoms with Crippen molar-refractivity contribution in [1.29, 1.82) is 0 Å². The predicted molar refractivity (Wildman–Crippen MR) is 175 cm³/mol. The van der Waals surface area contributed by atoms with Gasteiger partial charge in [-0.2, -0.15) is 0 Å². The van der Waals surface area contributed by atoms with E-state index in [9.17, 15) is 13.2 Å². The van der Waals surface area contributed by atoms with E-state index in [-0.39, 0.29) is 16.2 Å². The molecule has 0 aliphatic rings. The number of nitrogens with two attached hydrogens (primary N) is 1. The Morgan fingerprint density at radius 3 is 2.34 bits per heavy atom. The number of carbonyl (C=O) groups is 1. The van der Waals surface area contributed by atoms with Crippen LogP contribution in [0.3, 0.4) is 0 Å². The summed E-state index contributed by atoms with van der Waals surface area (Å²) in [5.74, 6) is -0.195. The SMILES string of the molecule is CCCCNc1cc(C(=O)N/N=c2\scc(-c3ccc(Cl)cc3)n2-c2ccccc2)cc(S(N)(=O)=O)c1Oc1ccccc1. The second kappa shape index (κ2) is 13.9. The van der Waals surface area contributed by atoms with Crippen molar-refractivity contribution in [3.63, 3.8) is 0 Å². The molecule has 0 fully saturated rings. The molecule has 5 aromatic rings. The van der Waals surface area contributed by atoms with Crippen LogP contribution in [-0.2, 0) is 10.0 Å². The quantitative estimate of drug-likeness (QED) is 0.108. The second-order valence-electron chi connectivity index (χ2n) is 9.73. The Hall–Kier alpha value is -4.42. The highest BCUT2D eigenvalue weighted by Crippen LogP contribution is 2.37. The molecule has 9 nitrogen and oxygen atoms in total. The van der Waals surface area contributed by atoms with Crippen LogP contribution >= 0.6 is 22.9 Å². The Labute approximate surface area is 264 Å². The largest absolute Gasteiger partial charge is 0.454 e. The zero-order valence-electron chi connectivity index (χ0n) is 23.7. The van der Waals surface area contributed by atoms with Gasteiger partial charge in [-0.1, -0.05) is 73.5 Å². The van der Waals surface area contributed by atoms with Crippen LogP contribution in [0.15, 0.2) is 112 Å². The van der Waals surface area contributed by atoms with Crippen molar-refractivity contribution >= 4 is 44.6 Å². The molecule has 0 saturated heterocycles. The topological polar surface area (TPSA) is 128 Å². The van der Waals surface area contributed by atoms with E-state index in [2.05, 4.69) is 15.8 Å². The first-order valence-electron chi connectivity index (χ1n) is 13.8. The number of carbonyl (C=O) groups excluding carboxylic acids is 1. The summed E-state index contributed by atoms with van der Waals surface area (Å²) in [6.07, 6.45) is 1.72. The third-order valence-corrected chi connectivity index (χ3v) is 8.54. The molecule has 1 aromatic heterocycles. The fraction of sp³-hybridized carbons (Fsp3) is 0.125. The van der Waals surface area contributed by atoms with Crippen molar-refractivity contribution in [3.05, 3.63) is 118 Å². The van der Waals surface area contributed by atoms with Gasteiger partial charge in [0.25, 0.3) is 5.91 Å². The summed E-state index contributed by atoms with van der Waals surface area (Å²) in [5.41, 5.74) is 5.56. The molecule has 0 atom stereocenters. The lowest BCUT2D eigenvalue weighted by Gasteiger charge is -2.17. The number of hydrogen-bond acceptors (Lipinski definition) is 7. The molecule has 0 bridgehead atoms. The molecular weight excluding hydrogens is 618 g/mol. The van der Waals surface area contributed by atoms with Crippen LogP contribution in [0.1, 0.15) is 30.1 Å². The Morgan fingerprint density at radius 1 is 1.00 bits per heavy atom. The standard InChI is InChI=1S/C32H30ClN5O4S2/c1-2-3-18-35-27-19-23(20-29(44(34,40)41)30(27)42-26-12-8-5-9-13-26)31(39)36-37-32-38(25-10-6-4-7-11-25)28(21-43-32)22-14-16-24(33)17-15-22/h4-17,19-21,35H,2-3,18H2,1H3,(H,36,39)(H2,34,40,41)/b37-32-. The molecular formula is C32H30ClN5O4S2. The minimum absolute atomic E-state index is 0.0103. The normalized spacial score (nSPS) is 11.8. The van der Waals surface area contributed by atoms with Crippen molar-refractivity contribution in [2.24, 2.45) is 10.2 Å². The lowest BCUT2D eigenvalue weighted by Crippen LogP contribution is -2.25. The molecule has 0 unspecified atom stereocenters. The molecule has 12 heteroatoms. The number of amides is 1. The molecule has 0 radical (unpaired) electrons. The number of hydrogen-bond donors (Lipinski definition) is 3. The zero-order valence-corrected chi connectivity index (χ0v) is 26.1. The third-order valence-electron chi connectivity index (χ3n) is 6.55. The average molecular weight is 648 g/mol. The minimum Gasteiger partial charge on any atom is -0.454 e. The maximum atomic E-state index is 13.5.